The van der Waals surface area contributed by atoms with Crippen LogP contribution in [0.4, 0.5) is 0 Å². The summed E-state index contributed by atoms with van der Waals surface area (Å²) in [4.78, 5) is 0. The summed E-state index contributed by atoms with van der Waals surface area (Å²) in [5.41, 5.74) is 0.885. The van der Waals surface area contributed by atoms with Gasteiger partial charge in [0.05, 0.1) is 24.4 Å². The number of hydrogen-bond acceptors (Lipinski definition) is 5. The van der Waals surface area contributed by atoms with Crippen molar-refractivity contribution in [2.24, 2.45) is 0 Å². The van der Waals surface area contributed by atoms with Crippen molar-refractivity contribution in [2.75, 3.05) is 0 Å². The van der Waals surface area contributed by atoms with Crippen LogP contribution in [0.15, 0.2) is 56.0 Å². The van der Waals surface area contributed by atoms with Crippen molar-refractivity contribution >= 4 is 15.9 Å². The minimum absolute atomic E-state index is 0.0822. The van der Waals surface area contributed by atoms with Crippen molar-refractivity contribution in [3.05, 3.63) is 58.8 Å². The van der Waals surface area contributed by atoms with Crippen molar-refractivity contribution in [3.63, 3.8) is 0 Å². The number of nitrogens with one attached hydrogen (secondary N) is 1. The van der Waals surface area contributed by atoms with E-state index in [2.05, 4.69) is 31.4 Å². The van der Waals surface area contributed by atoms with Gasteiger partial charge in [0.25, 0.3) is 0 Å². The first-order chi connectivity index (χ1) is 10.2. The van der Waals surface area contributed by atoms with Crippen LogP contribution in [0.3, 0.4) is 0 Å². The average Bonchev–Trinajstić information content (AvgIpc) is 3.17. The lowest BCUT2D eigenvalue weighted by molar-refractivity contribution is 0.403. The van der Waals surface area contributed by atoms with Gasteiger partial charge >= 0.3 is 0 Å². The fourth-order valence-corrected chi connectivity index (χ4v) is 2.40. The SMILES string of the molecule is C[C@@H](NCc1nnc(-c2ccccc2Br)o1)c1ccco1. The van der Waals surface area contributed by atoms with Crippen molar-refractivity contribution in [3.8, 4) is 11.5 Å². The van der Waals surface area contributed by atoms with Gasteiger partial charge in [-0.15, -0.1) is 10.2 Å². The fourth-order valence-electron chi connectivity index (χ4n) is 1.95. The Bertz CT molecular complexity index is 709. The highest BCUT2D eigenvalue weighted by Gasteiger charge is 2.13. The van der Waals surface area contributed by atoms with Gasteiger partial charge in [-0.3, -0.25) is 5.32 Å². The monoisotopic (exact) mass is 347 g/mol. The van der Waals surface area contributed by atoms with Crippen LogP contribution in [-0.4, -0.2) is 10.2 Å². The minimum atomic E-state index is 0.0822. The van der Waals surface area contributed by atoms with E-state index in [4.69, 9.17) is 8.83 Å². The van der Waals surface area contributed by atoms with Crippen LogP contribution in [0.1, 0.15) is 24.6 Å². The van der Waals surface area contributed by atoms with Gasteiger partial charge in [-0.25, -0.2) is 0 Å². The quantitative estimate of drug-likeness (QED) is 0.757. The van der Waals surface area contributed by atoms with Crippen LogP contribution < -0.4 is 5.32 Å². The maximum atomic E-state index is 5.67. The van der Waals surface area contributed by atoms with Gasteiger partial charge in [0.15, 0.2) is 0 Å². The number of furan rings is 1. The number of benzene rings is 1. The first-order valence-electron chi connectivity index (χ1n) is 6.58. The predicted octanol–water partition coefficient (Wildman–Crippen LogP) is 3.94. The summed E-state index contributed by atoms with van der Waals surface area (Å²) < 4.78 is 11.9. The second kappa shape index (κ2) is 6.24. The van der Waals surface area contributed by atoms with E-state index in [-0.39, 0.29) is 6.04 Å². The summed E-state index contributed by atoms with van der Waals surface area (Å²) in [6.07, 6.45) is 1.66. The van der Waals surface area contributed by atoms with Crippen molar-refractivity contribution in [1.29, 1.82) is 0 Å². The summed E-state index contributed by atoms with van der Waals surface area (Å²) >= 11 is 3.47. The highest BCUT2D eigenvalue weighted by Crippen LogP contribution is 2.26. The van der Waals surface area contributed by atoms with Gasteiger partial charge in [-0.1, -0.05) is 12.1 Å². The zero-order chi connectivity index (χ0) is 14.7. The van der Waals surface area contributed by atoms with Gasteiger partial charge in [0.2, 0.25) is 11.8 Å². The smallest absolute Gasteiger partial charge is 0.248 e. The zero-order valence-corrected chi connectivity index (χ0v) is 13.0. The molecule has 6 heteroatoms. The van der Waals surface area contributed by atoms with Gasteiger partial charge in [-0.05, 0) is 47.1 Å². The Morgan fingerprint density at radius 1 is 1.19 bits per heavy atom. The number of hydrogen-bond donors (Lipinski definition) is 1. The standard InChI is InChI=1S/C15H14BrN3O2/c1-10(13-7-4-8-20-13)17-9-14-18-19-15(21-14)11-5-2-3-6-12(11)16/h2-8,10,17H,9H2,1H3/t10-/m1/s1. The Kier molecular flexibility index (Phi) is 4.17. The molecule has 2 heterocycles. The molecule has 1 atom stereocenters. The molecule has 0 amide bonds. The van der Waals surface area contributed by atoms with Crippen LogP contribution in [0.5, 0.6) is 0 Å². The molecular weight excluding hydrogens is 334 g/mol. The fraction of sp³-hybridized carbons (Fsp3) is 0.200. The van der Waals surface area contributed by atoms with E-state index in [1.54, 1.807) is 6.26 Å². The van der Waals surface area contributed by atoms with Crippen LogP contribution >= 0.6 is 15.9 Å². The summed E-state index contributed by atoms with van der Waals surface area (Å²) in [6.45, 7) is 2.50. The second-order valence-electron chi connectivity index (χ2n) is 4.60. The Hall–Kier alpha value is -1.92. The first kappa shape index (κ1) is 14.0. The molecular formula is C15H14BrN3O2. The van der Waals surface area contributed by atoms with E-state index in [0.29, 0.717) is 18.3 Å². The highest BCUT2D eigenvalue weighted by molar-refractivity contribution is 9.10. The van der Waals surface area contributed by atoms with E-state index in [0.717, 1.165) is 15.8 Å². The number of halogens is 1. The molecule has 108 valence electrons. The third kappa shape index (κ3) is 3.22. The molecule has 0 fully saturated rings. The average molecular weight is 348 g/mol. The van der Waals surface area contributed by atoms with Crippen LogP contribution in [0.25, 0.3) is 11.5 Å². The molecule has 0 aliphatic heterocycles. The second-order valence-corrected chi connectivity index (χ2v) is 5.45. The largest absolute Gasteiger partial charge is 0.468 e. The van der Waals surface area contributed by atoms with Gasteiger partial charge in [0.1, 0.15) is 5.76 Å². The summed E-state index contributed by atoms with van der Waals surface area (Å²) in [5, 5.41) is 11.4. The molecule has 0 bridgehead atoms. The van der Waals surface area contributed by atoms with E-state index in [1.807, 2.05) is 43.3 Å². The molecule has 1 N–H and O–H groups in total. The van der Waals surface area contributed by atoms with Crippen molar-refractivity contribution in [2.45, 2.75) is 19.5 Å². The molecule has 0 saturated heterocycles. The minimum Gasteiger partial charge on any atom is -0.468 e. The topological polar surface area (TPSA) is 64.1 Å². The number of aromatic nitrogens is 2. The molecule has 0 aliphatic carbocycles. The Balaban J connectivity index is 1.67. The molecule has 2 aromatic heterocycles. The molecule has 0 spiro atoms. The summed E-state index contributed by atoms with van der Waals surface area (Å²) in [6, 6.07) is 11.6. The zero-order valence-electron chi connectivity index (χ0n) is 11.4. The molecule has 0 aliphatic rings. The van der Waals surface area contributed by atoms with E-state index >= 15 is 0 Å². The van der Waals surface area contributed by atoms with Crippen LogP contribution in [0, 0.1) is 0 Å². The molecule has 1 aromatic carbocycles. The maximum absolute atomic E-state index is 5.67. The lowest BCUT2D eigenvalue weighted by Gasteiger charge is -2.08. The molecule has 0 unspecified atom stereocenters. The Morgan fingerprint density at radius 2 is 2.05 bits per heavy atom. The predicted molar refractivity (Wildman–Crippen MR) is 81.4 cm³/mol. The molecule has 0 radical (unpaired) electrons. The maximum Gasteiger partial charge on any atom is 0.248 e. The normalized spacial score (nSPS) is 12.5. The molecule has 21 heavy (non-hydrogen) atoms. The van der Waals surface area contributed by atoms with Crippen molar-refractivity contribution in [1.82, 2.24) is 15.5 Å². The van der Waals surface area contributed by atoms with Crippen LogP contribution in [0.2, 0.25) is 0 Å². The van der Waals surface area contributed by atoms with Crippen LogP contribution in [-0.2, 0) is 6.54 Å². The lowest BCUT2D eigenvalue weighted by atomic mass is 10.2. The third-order valence-corrected chi connectivity index (χ3v) is 3.79. The molecule has 0 saturated carbocycles. The van der Waals surface area contributed by atoms with Gasteiger partial charge < -0.3 is 8.83 Å². The van der Waals surface area contributed by atoms with Gasteiger partial charge in [0, 0.05) is 4.47 Å². The highest BCUT2D eigenvalue weighted by atomic mass is 79.9. The lowest BCUT2D eigenvalue weighted by Crippen LogP contribution is -2.17. The summed E-state index contributed by atoms with van der Waals surface area (Å²) in [5.74, 6) is 1.92. The Morgan fingerprint density at radius 3 is 2.81 bits per heavy atom. The molecule has 5 nitrogen and oxygen atoms in total. The third-order valence-electron chi connectivity index (χ3n) is 3.10. The van der Waals surface area contributed by atoms with Gasteiger partial charge in [-0.2, -0.15) is 0 Å². The number of nitrogens with zero attached hydrogens (tertiary/aromatic N) is 2. The molecule has 3 rings (SSSR count). The van der Waals surface area contributed by atoms with Crippen molar-refractivity contribution < 1.29 is 8.83 Å². The molecule has 3 aromatic rings. The Labute approximate surface area is 130 Å². The summed E-state index contributed by atoms with van der Waals surface area (Å²) in [7, 11) is 0. The first-order valence-corrected chi connectivity index (χ1v) is 7.37. The van der Waals surface area contributed by atoms with E-state index < -0.39 is 0 Å². The number of rotatable bonds is 5. The van der Waals surface area contributed by atoms with E-state index in [1.165, 1.54) is 0 Å². The van der Waals surface area contributed by atoms with E-state index in [9.17, 15) is 0 Å².